The molecule has 4 rings (SSSR count). The predicted molar refractivity (Wildman–Crippen MR) is 165 cm³/mol. The summed E-state index contributed by atoms with van der Waals surface area (Å²) in [6.45, 7) is 8.29. The summed E-state index contributed by atoms with van der Waals surface area (Å²) in [5.41, 5.74) is 4.61. The Morgan fingerprint density at radius 3 is 2.56 bits per heavy atom. The Labute approximate surface area is 260 Å². The normalized spacial score (nSPS) is 11.2. The molecule has 0 bridgehead atoms. The second-order valence-electron chi connectivity index (χ2n) is 10.8. The molecule has 0 unspecified atom stereocenters. The lowest BCUT2D eigenvalue weighted by atomic mass is 10.0. The maximum Gasteiger partial charge on any atom is 0.573 e. The molecule has 2 heterocycles. The molecule has 45 heavy (non-hydrogen) atoms. The van der Waals surface area contributed by atoms with Gasteiger partial charge in [-0.3, -0.25) is 0 Å². The van der Waals surface area contributed by atoms with Crippen molar-refractivity contribution in [1.29, 1.82) is 0 Å². The predicted octanol–water partition coefficient (Wildman–Crippen LogP) is 7.66. The average molecular weight is 621 g/mol. The summed E-state index contributed by atoms with van der Waals surface area (Å²) in [6.07, 6.45) is -1.67. The highest BCUT2D eigenvalue weighted by Crippen LogP contribution is 2.32. The number of benzene rings is 2. The van der Waals surface area contributed by atoms with Crippen LogP contribution in [0.2, 0.25) is 0 Å². The van der Waals surface area contributed by atoms with E-state index in [1.54, 1.807) is 36.5 Å². The third-order valence-corrected chi connectivity index (χ3v) is 6.97. The van der Waals surface area contributed by atoms with Crippen LogP contribution in [0.3, 0.4) is 0 Å². The van der Waals surface area contributed by atoms with Gasteiger partial charge in [-0.2, -0.15) is 5.10 Å². The molecule has 8 nitrogen and oxygen atoms in total. The maximum atomic E-state index is 13.1. The van der Waals surface area contributed by atoms with Crippen LogP contribution in [0.15, 0.2) is 60.8 Å². The topological polar surface area (TPSA) is 89.7 Å². The number of hydrogen-bond donors (Lipinski definition) is 1. The van der Waals surface area contributed by atoms with Gasteiger partial charge in [0.25, 0.3) is 0 Å². The first-order valence-electron chi connectivity index (χ1n) is 14.5. The zero-order valence-electron chi connectivity index (χ0n) is 25.8. The van der Waals surface area contributed by atoms with Gasteiger partial charge in [0.1, 0.15) is 12.3 Å². The van der Waals surface area contributed by atoms with Crippen LogP contribution < -0.4 is 14.4 Å². The summed E-state index contributed by atoms with van der Waals surface area (Å²) >= 11 is 0. The number of aromatic carboxylic acids is 1. The van der Waals surface area contributed by atoms with Crippen LogP contribution in [0.4, 0.5) is 18.9 Å². The van der Waals surface area contributed by atoms with Crippen molar-refractivity contribution in [3.05, 3.63) is 94.4 Å². The molecule has 0 aliphatic heterocycles. The molecule has 0 saturated carbocycles. The van der Waals surface area contributed by atoms with Gasteiger partial charge in [0, 0.05) is 31.6 Å². The van der Waals surface area contributed by atoms with E-state index >= 15 is 0 Å². The van der Waals surface area contributed by atoms with Crippen molar-refractivity contribution < 1.29 is 32.5 Å². The SMILES string of the molecule is CCCC#Cc1cc(CN(C)c2ccc(OCc3c(C(C)C)cnn3-c3ccccc3OC(F)(F)F)nc2C)ccc1C(=O)O. The van der Waals surface area contributed by atoms with E-state index in [0.717, 1.165) is 23.2 Å². The number of pyridine rings is 1. The van der Waals surface area contributed by atoms with Crippen LogP contribution in [-0.4, -0.2) is 39.3 Å². The minimum absolute atomic E-state index is 0.00720. The van der Waals surface area contributed by atoms with Gasteiger partial charge in [0.2, 0.25) is 5.88 Å². The number of carbonyl (C=O) groups is 1. The highest BCUT2D eigenvalue weighted by atomic mass is 19.4. The lowest BCUT2D eigenvalue weighted by molar-refractivity contribution is -0.274. The summed E-state index contributed by atoms with van der Waals surface area (Å²) in [4.78, 5) is 18.3. The van der Waals surface area contributed by atoms with Gasteiger partial charge >= 0.3 is 12.3 Å². The Kier molecular flexibility index (Phi) is 10.4. The molecule has 0 aliphatic rings. The Bertz CT molecular complexity index is 1720. The molecule has 0 saturated heterocycles. The minimum Gasteiger partial charge on any atom is -0.478 e. The zero-order chi connectivity index (χ0) is 32.7. The summed E-state index contributed by atoms with van der Waals surface area (Å²) in [5, 5.41) is 13.9. The molecule has 0 amide bonds. The number of alkyl halides is 3. The van der Waals surface area contributed by atoms with Crippen LogP contribution in [-0.2, 0) is 13.2 Å². The third-order valence-electron chi connectivity index (χ3n) is 6.97. The van der Waals surface area contributed by atoms with E-state index in [9.17, 15) is 23.1 Å². The van der Waals surface area contributed by atoms with Crippen molar-refractivity contribution in [3.63, 3.8) is 0 Å². The van der Waals surface area contributed by atoms with Crippen molar-refractivity contribution >= 4 is 11.7 Å². The fourth-order valence-electron chi connectivity index (χ4n) is 4.84. The number of carboxylic acid groups (broad SMARTS) is 1. The molecule has 0 fully saturated rings. The maximum absolute atomic E-state index is 13.1. The quantitative estimate of drug-likeness (QED) is 0.172. The average Bonchev–Trinajstić information content (AvgIpc) is 3.40. The van der Waals surface area contributed by atoms with Crippen LogP contribution in [0.25, 0.3) is 5.69 Å². The number of para-hydroxylation sites is 2. The largest absolute Gasteiger partial charge is 0.573 e. The highest BCUT2D eigenvalue weighted by molar-refractivity contribution is 5.90. The number of unbranched alkanes of at least 4 members (excludes halogenated alkanes) is 1. The van der Waals surface area contributed by atoms with Crippen LogP contribution in [0.5, 0.6) is 11.6 Å². The van der Waals surface area contributed by atoms with E-state index in [-0.39, 0.29) is 29.5 Å². The molecular formula is C34H35F3N4O4. The Hall–Kier alpha value is -4.98. The molecule has 2 aromatic carbocycles. The number of nitrogens with zero attached hydrogens (tertiary/aromatic N) is 4. The first-order valence-corrected chi connectivity index (χ1v) is 14.5. The van der Waals surface area contributed by atoms with Crippen LogP contribution in [0, 0.1) is 18.8 Å². The first-order chi connectivity index (χ1) is 21.4. The van der Waals surface area contributed by atoms with Gasteiger partial charge in [-0.25, -0.2) is 14.5 Å². The van der Waals surface area contributed by atoms with Gasteiger partial charge in [-0.15, -0.1) is 13.2 Å². The fraction of sp³-hybridized carbons (Fsp3) is 0.324. The Morgan fingerprint density at radius 2 is 1.89 bits per heavy atom. The Balaban J connectivity index is 1.54. The molecule has 4 aromatic rings. The van der Waals surface area contributed by atoms with E-state index in [4.69, 9.17) is 4.74 Å². The molecule has 0 spiro atoms. The highest BCUT2D eigenvalue weighted by Gasteiger charge is 2.33. The monoisotopic (exact) mass is 620 g/mol. The van der Waals surface area contributed by atoms with Crippen molar-refractivity contribution in [1.82, 2.24) is 14.8 Å². The van der Waals surface area contributed by atoms with Crippen molar-refractivity contribution in [2.75, 3.05) is 11.9 Å². The number of hydrogen-bond acceptors (Lipinski definition) is 6. The zero-order valence-corrected chi connectivity index (χ0v) is 25.8. The molecular weight excluding hydrogens is 585 g/mol. The summed E-state index contributed by atoms with van der Waals surface area (Å²) in [6, 6.07) is 14.6. The molecule has 2 aromatic heterocycles. The fourth-order valence-corrected chi connectivity index (χ4v) is 4.84. The van der Waals surface area contributed by atoms with E-state index < -0.39 is 12.3 Å². The molecule has 0 radical (unpaired) electrons. The van der Waals surface area contributed by atoms with Crippen molar-refractivity contribution in [2.24, 2.45) is 0 Å². The van der Waals surface area contributed by atoms with E-state index in [1.165, 1.54) is 22.9 Å². The smallest absolute Gasteiger partial charge is 0.478 e. The summed E-state index contributed by atoms with van der Waals surface area (Å²) < 4.78 is 51.0. The second kappa shape index (κ2) is 14.2. The molecule has 236 valence electrons. The van der Waals surface area contributed by atoms with E-state index in [1.807, 2.05) is 45.7 Å². The number of carboxylic acids is 1. The molecule has 11 heteroatoms. The molecule has 0 aliphatic carbocycles. The van der Waals surface area contributed by atoms with E-state index in [2.05, 4.69) is 26.7 Å². The number of rotatable bonds is 11. The number of aryl methyl sites for hydroxylation is 1. The van der Waals surface area contributed by atoms with Gasteiger partial charge < -0.3 is 19.5 Å². The second-order valence-corrected chi connectivity index (χ2v) is 10.8. The lowest BCUT2D eigenvalue weighted by Crippen LogP contribution is -2.19. The molecule has 0 atom stereocenters. The lowest BCUT2D eigenvalue weighted by Gasteiger charge is -2.22. The number of ether oxygens (including phenoxy) is 2. The summed E-state index contributed by atoms with van der Waals surface area (Å²) in [5.74, 6) is 4.99. The van der Waals surface area contributed by atoms with Crippen LogP contribution >= 0.6 is 0 Å². The van der Waals surface area contributed by atoms with Gasteiger partial charge in [-0.1, -0.05) is 50.8 Å². The van der Waals surface area contributed by atoms with Gasteiger partial charge in [0.15, 0.2) is 5.75 Å². The summed E-state index contributed by atoms with van der Waals surface area (Å²) in [7, 11) is 1.91. The first kappa shape index (κ1) is 32.9. The van der Waals surface area contributed by atoms with Crippen molar-refractivity contribution in [3.8, 4) is 29.2 Å². The number of aromatic nitrogens is 3. The van der Waals surface area contributed by atoms with Crippen LogP contribution in [0.1, 0.15) is 78.0 Å². The number of anilines is 1. The van der Waals surface area contributed by atoms with Gasteiger partial charge in [-0.05, 0) is 60.7 Å². The standard InChI is InChI=1S/C34H35F3N4O4/c1-6-7-8-11-25-18-24(14-15-26(25)33(42)43)20-40(5)28-16-17-32(39-23(28)4)44-21-30-27(22(2)3)19-38-41(30)29-12-9-10-13-31(29)45-34(35,36)37/h9-10,12-19,22H,6-7,20-21H2,1-5H3,(H,42,43). The minimum atomic E-state index is -4.86. The van der Waals surface area contributed by atoms with Crippen molar-refractivity contribution in [2.45, 2.75) is 66.0 Å². The van der Waals surface area contributed by atoms with E-state index in [0.29, 0.717) is 35.8 Å². The Morgan fingerprint density at radius 1 is 1.13 bits per heavy atom. The third kappa shape index (κ3) is 8.35. The molecule has 1 N–H and O–H groups in total. The number of halogens is 3. The van der Waals surface area contributed by atoms with Gasteiger partial charge in [0.05, 0.1) is 28.8 Å².